The molecule has 1 atom stereocenters. The van der Waals surface area contributed by atoms with Gasteiger partial charge in [-0.05, 0) is 23.8 Å². The normalized spacial score (nSPS) is 12.1. The van der Waals surface area contributed by atoms with Crippen molar-refractivity contribution in [2.45, 2.75) is 6.10 Å². The maximum Gasteiger partial charge on any atom is 0.171 e. The maximum absolute atomic E-state index is 14.2. The molecule has 0 saturated carbocycles. The zero-order valence-corrected chi connectivity index (χ0v) is 11.8. The molecule has 0 amide bonds. The summed E-state index contributed by atoms with van der Waals surface area (Å²) in [5, 5.41) is 10.4. The summed E-state index contributed by atoms with van der Waals surface area (Å²) in [4.78, 5) is 1.93. The number of methoxy groups -OCH3 is 1. The van der Waals surface area contributed by atoms with E-state index in [1.807, 2.05) is 37.2 Å². The van der Waals surface area contributed by atoms with E-state index in [9.17, 15) is 9.50 Å². The van der Waals surface area contributed by atoms with E-state index in [0.717, 1.165) is 5.69 Å². The van der Waals surface area contributed by atoms with Crippen LogP contribution in [-0.2, 0) is 0 Å². The summed E-state index contributed by atoms with van der Waals surface area (Å²) in [5.41, 5.74) is 1.80. The van der Waals surface area contributed by atoms with E-state index in [-0.39, 0.29) is 11.3 Å². The lowest BCUT2D eigenvalue weighted by Crippen LogP contribution is -2.10. The Morgan fingerprint density at radius 3 is 2.50 bits per heavy atom. The Kier molecular flexibility index (Phi) is 4.25. The minimum Gasteiger partial charge on any atom is -0.494 e. The largest absolute Gasteiger partial charge is 0.494 e. The molecule has 0 aromatic heterocycles. The average Bonchev–Trinajstić information content (AvgIpc) is 2.47. The molecular weight excluding hydrogens is 257 g/mol. The lowest BCUT2D eigenvalue weighted by molar-refractivity contribution is 0.213. The van der Waals surface area contributed by atoms with Crippen LogP contribution in [-0.4, -0.2) is 26.3 Å². The summed E-state index contributed by atoms with van der Waals surface area (Å²) in [7, 11) is 5.23. The van der Waals surface area contributed by atoms with Crippen molar-refractivity contribution in [2.24, 2.45) is 0 Å². The second-order valence-corrected chi connectivity index (χ2v) is 4.76. The molecule has 0 spiro atoms. The fraction of sp³-hybridized carbons (Fsp3) is 0.250. The lowest BCUT2D eigenvalue weighted by Gasteiger charge is -2.17. The van der Waals surface area contributed by atoms with Gasteiger partial charge in [0.25, 0.3) is 0 Å². The van der Waals surface area contributed by atoms with Gasteiger partial charge in [-0.1, -0.05) is 24.3 Å². The second-order valence-electron chi connectivity index (χ2n) is 4.76. The average molecular weight is 275 g/mol. The molecule has 0 aliphatic rings. The van der Waals surface area contributed by atoms with E-state index in [1.54, 1.807) is 18.2 Å². The van der Waals surface area contributed by atoms with Crippen LogP contribution < -0.4 is 9.64 Å². The zero-order valence-electron chi connectivity index (χ0n) is 11.8. The standard InChI is InChI=1S/C16H18FNO2/c1-18(2)12-7-4-6-11(10-12)16(19)13-8-5-9-14(20-3)15(13)17/h4-10,16,19H,1-3H3. The molecule has 2 rings (SSSR count). The van der Waals surface area contributed by atoms with Crippen LogP contribution in [0.5, 0.6) is 5.75 Å². The summed E-state index contributed by atoms with van der Waals surface area (Å²) < 4.78 is 19.1. The summed E-state index contributed by atoms with van der Waals surface area (Å²) in [6, 6.07) is 12.1. The summed E-state index contributed by atoms with van der Waals surface area (Å²) >= 11 is 0. The van der Waals surface area contributed by atoms with Gasteiger partial charge in [0.1, 0.15) is 6.10 Å². The molecule has 2 aromatic rings. The van der Waals surface area contributed by atoms with Crippen molar-refractivity contribution < 1.29 is 14.2 Å². The summed E-state index contributed by atoms with van der Waals surface area (Å²) in [6.45, 7) is 0. The van der Waals surface area contributed by atoms with Gasteiger partial charge in [-0.2, -0.15) is 0 Å². The maximum atomic E-state index is 14.2. The Morgan fingerprint density at radius 2 is 1.85 bits per heavy atom. The number of hydrogen-bond donors (Lipinski definition) is 1. The van der Waals surface area contributed by atoms with Crippen LogP contribution in [0.25, 0.3) is 0 Å². The Morgan fingerprint density at radius 1 is 1.15 bits per heavy atom. The van der Waals surface area contributed by atoms with Crippen molar-refractivity contribution in [1.82, 2.24) is 0 Å². The Balaban J connectivity index is 2.41. The third-order valence-corrected chi connectivity index (χ3v) is 3.21. The first-order valence-corrected chi connectivity index (χ1v) is 6.32. The first-order chi connectivity index (χ1) is 9.54. The molecule has 4 heteroatoms. The molecule has 0 fully saturated rings. The van der Waals surface area contributed by atoms with Gasteiger partial charge in [-0.25, -0.2) is 4.39 Å². The summed E-state index contributed by atoms with van der Waals surface area (Å²) in [6.07, 6.45) is -1.02. The molecule has 0 saturated heterocycles. The quantitative estimate of drug-likeness (QED) is 0.931. The molecule has 2 aromatic carbocycles. The molecule has 0 aliphatic heterocycles. The number of anilines is 1. The van der Waals surface area contributed by atoms with Crippen molar-refractivity contribution >= 4 is 5.69 Å². The van der Waals surface area contributed by atoms with E-state index in [0.29, 0.717) is 5.56 Å². The molecule has 0 radical (unpaired) electrons. The summed E-state index contributed by atoms with van der Waals surface area (Å²) in [5.74, 6) is -0.400. The molecular formula is C16H18FNO2. The predicted molar refractivity (Wildman–Crippen MR) is 77.8 cm³/mol. The van der Waals surface area contributed by atoms with E-state index in [2.05, 4.69) is 0 Å². The third-order valence-electron chi connectivity index (χ3n) is 3.21. The smallest absolute Gasteiger partial charge is 0.171 e. The monoisotopic (exact) mass is 275 g/mol. The molecule has 20 heavy (non-hydrogen) atoms. The number of aliphatic hydroxyl groups excluding tert-OH is 1. The number of rotatable bonds is 4. The predicted octanol–water partition coefficient (Wildman–Crippen LogP) is 2.98. The number of halogens is 1. The third kappa shape index (κ3) is 2.75. The van der Waals surface area contributed by atoms with Crippen molar-refractivity contribution in [3.05, 3.63) is 59.4 Å². The fourth-order valence-corrected chi connectivity index (χ4v) is 2.05. The topological polar surface area (TPSA) is 32.7 Å². The minimum absolute atomic E-state index is 0.130. The Hall–Kier alpha value is -2.07. The molecule has 1 unspecified atom stereocenters. The highest BCUT2D eigenvalue weighted by Crippen LogP contribution is 2.30. The van der Waals surface area contributed by atoms with Gasteiger partial charge >= 0.3 is 0 Å². The molecule has 0 bridgehead atoms. The number of aliphatic hydroxyl groups is 1. The van der Waals surface area contributed by atoms with Gasteiger partial charge < -0.3 is 14.7 Å². The molecule has 0 heterocycles. The van der Waals surface area contributed by atoms with Crippen LogP contribution in [0, 0.1) is 5.82 Å². The van der Waals surface area contributed by atoms with Gasteiger partial charge in [0.15, 0.2) is 11.6 Å². The van der Waals surface area contributed by atoms with Crippen molar-refractivity contribution in [1.29, 1.82) is 0 Å². The molecule has 106 valence electrons. The van der Waals surface area contributed by atoms with Crippen LogP contribution in [0.4, 0.5) is 10.1 Å². The lowest BCUT2D eigenvalue weighted by atomic mass is 10.00. The van der Waals surface area contributed by atoms with Gasteiger partial charge in [-0.15, -0.1) is 0 Å². The van der Waals surface area contributed by atoms with Crippen LogP contribution in [0.2, 0.25) is 0 Å². The van der Waals surface area contributed by atoms with E-state index in [1.165, 1.54) is 13.2 Å². The highest BCUT2D eigenvalue weighted by atomic mass is 19.1. The number of hydrogen-bond acceptors (Lipinski definition) is 3. The first kappa shape index (κ1) is 14.3. The van der Waals surface area contributed by atoms with Crippen molar-refractivity contribution in [3.8, 4) is 5.75 Å². The molecule has 1 N–H and O–H groups in total. The minimum atomic E-state index is -1.02. The van der Waals surface area contributed by atoms with E-state index >= 15 is 0 Å². The Bertz CT molecular complexity index is 599. The SMILES string of the molecule is COc1cccc(C(O)c2cccc(N(C)C)c2)c1F. The zero-order chi connectivity index (χ0) is 14.7. The first-order valence-electron chi connectivity index (χ1n) is 6.32. The van der Waals surface area contributed by atoms with Crippen LogP contribution in [0.15, 0.2) is 42.5 Å². The van der Waals surface area contributed by atoms with Crippen molar-refractivity contribution in [2.75, 3.05) is 26.1 Å². The van der Waals surface area contributed by atoms with Gasteiger partial charge in [-0.3, -0.25) is 0 Å². The number of nitrogens with zero attached hydrogens (tertiary/aromatic N) is 1. The Labute approximate surface area is 118 Å². The van der Waals surface area contributed by atoms with Gasteiger partial charge in [0.2, 0.25) is 0 Å². The number of benzene rings is 2. The van der Waals surface area contributed by atoms with Gasteiger partial charge in [0.05, 0.1) is 7.11 Å². The highest BCUT2D eigenvalue weighted by molar-refractivity contribution is 5.49. The highest BCUT2D eigenvalue weighted by Gasteiger charge is 2.18. The van der Waals surface area contributed by atoms with Crippen LogP contribution >= 0.6 is 0 Å². The second kappa shape index (κ2) is 5.92. The fourth-order valence-electron chi connectivity index (χ4n) is 2.05. The molecule has 0 aliphatic carbocycles. The van der Waals surface area contributed by atoms with Gasteiger partial charge in [0, 0.05) is 25.3 Å². The molecule has 3 nitrogen and oxygen atoms in total. The number of ether oxygens (including phenoxy) is 1. The van der Waals surface area contributed by atoms with E-state index < -0.39 is 11.9 Å². The van der Waals surface area contributed by atoms with Crippen LogP contribution in [0.1, 0.15) is 17.2 Å². The van der Waals surface area contributed by atoms with E-state index in [4.69, 9.17) is 4.74 Å². The van der Waals surface area contributed by atoms with Crippen molar-refractivity contribution in [3.63, 3.8) is 0 Å². The van der Waals surface area contributed by atoms with Crippen LogP contribution in [0.3, 0.4) is 0 Å².